The lowest BCUT2D eigenvalue weighted by Gasteiger charge is -2.13. The number of nitrogens with zero attached hydrogens (tertiary/aromatic N) is 2. The number of hydrogen-bond acceptors (Lipinski definition) is 4. The summed E-state index contributed by atoms with van der Waals surface area (Å²) < 4.78 is 2.11. The van der Waals surface area contributed by atoms with E-state index in [0.29, 0.717) is 0 Å². The first-order chi connectivity index (χ1) is 9.13. The van der Waals surface area contributed by atoms with Crippen molar-refractivity contribution in [3.05, 3.63) is 30.1 Å². The summed E-state index contributed by atoms with van der Waals surface area (Å²) in [6.07, 6.45) is 1.69. The molecule has 0 amide bonds. The van der Waals surface area contributed by atoms with Gasteiger partial charge in [0.2, 0.25) is 0 Å². The molecule has 2 heterocycles. The molecule has 0 saturated heterocycles. The number of pyridine rings is 1. The molecule has 4 nitrogen and oxygen atoms in total. The molecule has 0 fully saturated rings. The quantitative estimate of drug-likeness (QED) is 0.797. The Balaban J connectivity index is 2.35. The zero-order valence-electron chi connectivity index (χ0n) is 11.6. The summed E-state index contributed by atoms with van der Waals surface area (Å²) in [7, 11) is 0. The van der Waals surface area contributed by atoms with E-state index in [9.17, 15) is 5.11 Å². The molecule has 0 aliphatic rings. The third-order valence-electron chi connectivity index (χ3n) is 3.11. The van der Waals surface area contributed by atoms with E-state index in [-0.39, 0.29) is 11.4 Å². The van der Waals surface area contributed by atoms with Crippen LogP contribution in [0.15, 0.2) is 29.4 Å². The Hall–Kier alpha value is -1.04. The molecule has 2 aromatic heterocycles. The third-order valence-corrected chi connectivity index (χ3v) is 4.43. The van der Waals surface area contributed by atoms with Gasteiger partial charge in [0.25, 0.3) is 0 Å². The van der Waals surface area contributed by atoms with E-state index in [1.807, 2.05) is 38.2 Å². The van der Waals surface area contributed by atoms with E-state index >= 15 is 0 Å². The highest BCUT2D eigenvalue weighted by atomic mass is 32.2. The van der Waals surface area contributed by atoms with Crippen LogP contribution < -0.4 is 5.32 Å². The number of aromatic nitrogens is 2. The molecule has 0 aliphatic carbocycles. The van der Waals surface area contributed by atoms with Crippen LogP contribution in [0.5, 0.6) is 0 Å². The highest BCUT2D eigenvalue weighted by molar-refractivity contribution is 7.99. The number of fused-ring (bicyclic) bond motifs is 1. The van der Waals surface area contributed by atoms with E-state index in [1.54, 1.807) is 11.8 Å². The highest BCUT2D eigenvalue weighted by Crippen LogP contribution is 2.28. The number of imidazole rings is 1. The number of nitrogens with one attached hydrogen (secondary N) is 1. The van der Waals surface area contributed by atoms with Crippen molar-refractivity contribution in [3.8, 4) is 0 Å². The van der Waals surface area contributed by atoms with E-state index in [4.69, 9.17) is 0 Å². The van der Waals surface area contributed by atoms with Crippen LogP contribution in [0.4, 0.5) is 0 Å². The summed E-state index contributed by atoms with van der Waals surface area (Å²) >= 11 is 1.63. The van der Waals surface area contributed by atoms with Crippen molar-refractivity contribution in [1.82, 2.24) is 14.7 Å². The predicted octanol–water partition coefficient (Wildman–Crippen LogP) is 2.31. The Labute approximate surface area is 118 Å². The lowest BCUT2D eigenvalue weighted by molar-refractivity contribution is 0.196. The van der Waals surface area contributed by atoms with Gasteiger partial charge < -0.3 is 14.8 Å². The van der Waals surface area contributed by atoms with Crippen molar-refractivity contribution >= 4 is 17.4 Å². The van der Waals surface area contributed by atoms with Crippen LogP contribution in [0.1, 0.15) is 26.5 Å². The molecule has 0 radical (unpaired) electrons. The summed E-state index contributed by atoms with van der Waals surface area (Å²) in [4.78, 5) is 4.66. The maximum Gasteiger partial charge on any atom is 0.138 e. The minimum Gasteiger partial charge on any atom is -0.392 e. The lowest BCUT2D eigenvalue weighted by atomic mass is 10.3. The van der Waals surface area contributed by atoms with Crippen LogP contribution in [0.3, 0.4) is 0 Å². The number of thioether (sulfide) groups is 1. The lowest BCUT2D eigenvalue weighted by Crippen LogP contribution is -2.17. The average molecular weight is 279 g/mol. The van der Waals surface area contributed by atoms with Crippen LogP contribution in [0.2, 0.25) is 0 Å². The van der Waals surface area contributed by atoms with Crippen LogP contribution in [-0.2, 0) is 6.54 Å². The molecule has 104 valence electrons. The number of hydrogen-bond donors (Lipinski definition) is 2. The molecule has 2 unspecified atom stereocenters. The maximum atomic E-state index is 9.65. The Morgan fingerprint density at radius 1 is 1.42 bits per heavy atom. The summed E-state index contributed by atoms with van der Waals surface area (Å²) in [6, 6.07) is 6.01. The van der Waals surface area contributed by atoms with Gasteiger partial charge in [-0.3, -0.25) is 0 Å². The van der Waals surface area contributed by atoms with E-state index in [0.717, 1.165) is 29.5 Å². The van der Waals surface area contributed by atoms with Crippen molar-refractivity contribution in [2.24, 2.45) is 0 Å². The van der Waals surface area contributed by atoms with Crippen molar-refractivity contribution in [1.29, 1.82) is 0 Å². The Morgan fingerprint density at radius 3 is 2.89 bits per heavy atom. The molecule has 0 aromatic carbocycles. The summed E-state index contributed by atoms with van der Waals surface area (Å²) in [5.41, 5.74) is 2.12. The zero-order valence-corrected chi connectivity index (χ0v) is 12.4. The van der Waals surface area contributed by atoms with Gasteiger partial charge in [0, 0.05) is 18.0 Å². The minimum atomic E-state index is -0.346. The molecule has 2 aromatic rings. The van der Waals surface area contributed by atoms with Crippen LogP contribution in [0, 0.1) is 0 Å². The highest BCUT2D eigenvalue weighted by Gasteiger charge is 2.17. The number of rotatable bonds is 6. The van der Waals surface area contributed by atoms with Gasteiger partial charge in [-0.05, 0) is 25.6 Å². The average Bonchev–Trinajstić information content (AvgIpc) is 2.73. The fraction of sp³-hybridized carbons (Fsp3) is 0.500. The smallest absolute Gasteiger partial charge is 0.138 e. The molecule has 0 saturated carbocycles. The Morgan fingerprint density at radius 2 is 2.21 bits per heavy atom. The molecule has 2 atom stereocenters. The first-order valence-electron chi connectivity index (χ1n) is 6.65. The fourth-order valence-corrected chi connectivity index (χ4v) is 2.80. The fourth-order valence-electron chi connectivity index (χ4n) is 1.80. The number of aliphatic hydroxyl groups excluding tert-OH is 1. The van der Waals surface area contributed by atoms with Gasteiger partial charge in [0.05, 0.1) is 11.8 Å². The first kappa shape index (κ1) is 14.4. The van der Waals surface area contributed by atoms with Gasteiger partial charge in [-0.2, -0.15) is 0 Å². The molecule has 0 spiro atoms. The van der Waals surface area contributed by atoms with Gasteiger partial charge in [-0.15, -0.1) is 0 Å². The van der Waals surface area contributed by atoms with Gasteiger partial charge >= 0.3 is 0 Å². The van der Waals surface area contributed by atoms with E-state index in [1.165, 1.54) is 0 Å². The Kier molecular flexibility index (Phi) is 4.85. The topological polar surface area (TPSA) is 49.6 Å². The summed E-state index contributed by atoms with van der Waals surface area (Å²) in [5, 5.41) is 14.1. The van der Waals surface area contributed by atoms with E-state index < -0.39 is 0 Å². The summed E-state index contributed by atoms with van der Waals surface area (Å²) in [5.74, 6) is 0. The number of aliphatic hydroxyl groups is 1. The van der Waals surface area contributed by atoms with Crippen molar-refractivity contribution < 1.29 is 5.11 Å². The second-order valence-electron chi connectivity index (χ2n) is 4.64. The molecule has 2 rings (SSSR count). The van der Waals surface area contributed by atoms with Gasteiger partial charge in [-0.1, -0.05) is 31.7 Å². The monoisotopic (exact) mass is 279 g/mol. The van der Waals surface area contributed by atoms with Crippen LogP contribution >= 0.6 is 11.8 Å². The standard InChI is InChI=1S/C14H21N3OS/c1-4-15-9-12-14(19-11(3)10(2)18)16-13-7-5-6-8-17(12)13/h5-8,10-11,15,18H,4,9H2,1-3H3. The largest absolute Gasteiger partial charge is 0.392 e. The molecular formula is C14H21N3OS. The molecule has 0 aliphatic heterocycles. The van der Waals surface area contributed by atoms with Gasteiger partial charge in [0.1, 0.15) is 10.7 Å². The normalized spacial score (nSPS) is 14.7. The van der Waals surface area contributed by atoms with Gasteiger partial charge in [-0.25, -0.2) is 4.98 Å². The first-order valence-corrected chi connectivity index (χ1v) is 7.52. The second-order valence-corrected chi connectivity index (χ2v) is 6.00. The Bertz CT molecular complexity index is 538. The molecule has 0 bridgehead atoms. The van der Waals surface area contributed by atoms with Gasteiger partial charge in [0.15, 0.2) is 0 Å². The third kappa shape index (κ3) is 3.29. The van der Waals surface area contributed by atoms with Crippen LogP contribution in [-0.4, -0.2) is 32.4 Å². The van der Waals surface area contributed by atoms with E-state index in [2.05, 4.69) is 21.6 Å². The van der Waals surface area contributed by atoms with Crippen molar-refractivity contribution in [3.63, 3.8) is 0 Å². The molecule has 5 heteroatoms. The van der Waals surface area contributed by atoms with Crippen molar-refractivity contribution in [2.75, 3.05) is 6.54 Å². The van der Waals surface area contributed by atoms with Crippen molar-refractivity contribution in [2.45, 2.75) is 43.7 Å². The second kappa shape index (κ2) is 6.41. The molecule has 19 heavy (non-hydrogen) atoms. The molecular weight excluding hydrogens is 258 g/mol. The van der Waals surface area contributed by atoms with Crippen LogP contribution in [0.25, 0.3) is 5.65 Å². The molecule has 2 N–H and O–H groups in total. The maximum absolute atomic E-state index is 9.65. The predicted molar refractivity (Wildman–Crippen MR) is 79.6 cm³/mol. The minimum absolute atomic E-state index is 0.130. The zero-order chi connectivity index (χ0) is 13.8. The summed E-state index contributed by atoms with van der Waals surface area (Å²) in [6.45, 7) is 7.65. The SMILES string of the molecule is CCNCc1c(SC(C)C(C)O)nc2ccccn12.